The average Bonchev–Trinajstić information content (AvgIpc) is 2.26. The van der Waals surface area contributed by atoms with Crippen LogP contribution < -0.4 is 0 Å². The van der Waals surface area contributed by atoms with Crippen molar-refractivity contribution in [1.29, 1.82) is 0 Å². The predicted octanol–water partition coefficient (Wildman–Crippen LogP) is 2.11. The second-order valence-corrected chi connectivity index (χ2v) is 7.94. The molecule has 4 heteroatoms. The lowest BCUT2D eigenvalue weighted by molar-refractivity contribution is 0.00397. The standard InChI is InChI=1S/C14H28IN3/c1-5-16-6-12(3)17(7-11(16)2)8-14-9-18(10-14)13(4)15/h11-14H,5-10H2,1-4H3/t11-,12+,13?/m0/s1. The zero-order chi connectivity index (χ0) is 13.3. The first-order valence-corrected chi connectivity index (χ1v) is 8.62. The van der Waals surface area contributed by atoms with Crippen LogP contribution in [0.5, 0.6) is 0 Å². The largest absolute Gasteiger partial charge is 0.298 e. The number of rotatable bonds is 4. The molecule has 0 aromatic heterocycles. The lowest BCUT2D eigenvalue weighted by Gasteiger charge is -2.48. The number of halogens is 1. The van der Waals surface area contributed by atoms with Crippen LogP contribution >= 0.6 is 22.6 Å². The van der Waals surface area contributed by atoms with E-state index in [0.717, 1.165) is 18.0 Å². The van der Waals surface area contributed by atoms with Crippen molar-refractivity contribution in [3.05, 3.63) is 0 Å². The highest BCUT2D eigenvalue weighted by Crippen LogP contribution is 2.24. The van der Waals surface area contributed by atoms with Crippen molar-refractivity contribution in [2.75, 3.05) is 39.3 Å². The summed E-state index contributed by atoms with van der Waals surface area (Å²) in [5.74, 6) is 0.907. The number of nitrogens with zero attached hydrogens (tertiary/aromatic N) is 3. The molecule has 0 aromatic rings. The molecule has 0 aromatic carbocycles. The molecule has 2 aliphatic heterocycles. The molecule has 3 atom stereocenters. The van der Waals surface area contributed by atoms with Crippen LogP contribution in [0.1, 0.15) is 27.7 Å². The van der Waals surface area contributed by atoms with Crippen LogP contribution in [0.4, 0.5) is 0 Å². The fraction of sp³-hybridized carbons (Fsp3) is 1.00. The van der Waals surface area contributed by atoms with Crippen LogP contribution in [0.3, 0.4) is 0 Å². The van der Waals surface area contributed by atoms with Gasteiger partial charge in [-0.05, 0) is 33.2 Å². The van der Waals surface area contributed by atoms with Crippen LogP contribution in [-0.4, -0.2) is 70.1 Å². The number of likely N-dealkylation sites (N-methyl/N-ethyl adjacent to an activating group) is 1. The topological polar surface area (TPSA) is 9.72 Å². The molecule has 2 fully saturated rings. The highest BCUT2D eigenvalue weighted by molar-refractivity contribution is 14.1. The zero-order valence-electron chi connectivity index (χ0n) is 12.3. The molecule has 106 valence electrons. The SMILES string of the molecule is CCN1C[C@@H](C)N(CC2CN(C(C)I)C2)C[C@@H]1C. The summed E-state index contributed by atoms with van der Waals surface area (Å²) in [5, 5.41) is 0. The number of alkyl halides is 1. The van der Waals surface area contributed by atoms with E-state index in [4.69, 9.17) is 0 Å². The Morgan fingerprint density at radius 3 is 2.17 bits per heavy atom. The lowest BCUT2D eigenvalue weighted by atomic mass is 9.97. The lowest BCUT2D eigenvalue weighted by Crippen LogP contribution is -2.60. The van der Waals surface area contributed by atoms with Crippen LogP contribution in [0.2, 0.25) is 0 Å². The third kappa shape index (κ3) is 3.38. The van der Waals surface area contributed by atoms with Crippen molar-refractivity contribution in [1.82, 2.24) is 14.7 Å². The van der Waals surface area contributed by atoms with E-state index < -0.39 is 0 Å². The third-order valence-corrected chi connectivity index (χ3v) is 5.42. The van der Waals surface area contributed by atoms with Crippen LogP contribution in [-0.2, 0) is 0 Å². The van der Waals surface area contributed by atoms with Crippen LogP contribution in [0, 0.1) is 5.92 Å². The van der Waals surface area contributed by atoms with Gasteiger partial charge in [-0.1, -0.05) is 29.5 Å². The van der Waals surface area contributed by atoms with E-state index in [9.17, 15) is 0 Å². The minimum Gasteiger partial charge on any atom is -0.298 e. The Bertz CT molecular complexity index is 266. The van der Waals surface area contributed by atoms with E-state index in [1.807, 2.05) is 0 Å². The van der Waals surface area contributed by atoms with E-state index in [2.05, 4.69) is 65.0 Å². The zero-order valence-corrected chi connectivity index (χ0v) is 14.4. The molecule has 2 saturated heterocycles. The molecule has 1 unspecified atom stereocenters. The van der Waals surface area contributed by atoms with Crippen LogP contribution in [0.15, 0.2) is 0 Å². The monoisotopic (exact) mass is 365 g/mol. The molecular formula is C14H28IN3. The summed E-state index contributed by atoms with van der Waals surface area (Å²) in [7, 11) is 0. The number of hydrogen-bond donors (Lipinski definition) is 0. The maximum atomic E-state index is 2.72. The number of hydrogen-bond acceptors (Lipinski definition) is 3. The quantitative estimate of drug-likeness (QED) is 0.429. The van der Waals surface area contributed by atoms with Gasteiger partial charge >= 0.3 is 0 Å². The Labute approximate surface area is 126 Å². The normalized spacial score (nSPS) is 34.5. The molecule has 0 N–H and O–H groups in total. The molecule has 3 nitrogen and oxygen atoms in total. The first-order valence-electron chi connectivity index (χ1n) is 7.37. The molecule has 0 bridgehead atoms. The van der Waals surface area contributed by atoms with Crippen molar-refractivity contribution in [2.45, 2.75) is 43.8 Å². The fourth-order valence-corrected chi connectivity index (χ4v) is 3.77. The smallest absolute Gasteiger partial charge is 0.0590 e. The number of likely N-dealkylation sites (tertiary alicyclic amines) is 1. The van der Waals surface area contributed by atoms with E-state index in [-0.39, 0.29) is 0 Å². The molecule has 2 aliphatic rings. The fourth-order valence-electron chi connectivity index (χ4n) is 3.31. The van der Waals surface area contributed by atoms with Gasteiger partial charge in [-0.25, -0.2) is 0 Å². The Balaban J connectivity index is 1.77. The van der Waals surface area contributed by atoms with Gasteiger partial charge in [-0.15, -0.1) is 0 Å². The minimum atomic E-state index is 0.701. The van der Waals surface area contributed by atoms with Gasteiger partial charge in [0.1, 0.15) is 0 Å². The highest BCUT2D eigenvalue weighted by atomic mass is 127. The minimum absolute atomic E-state index is 0.701. The van der Waals surface area contributed by atoms with Gasteiger partial charge in [0.15, 0.2) is 0 Å². The van der Waals surface area contributed by atoms with E-state index >= 15 is 0 Å². The Kier molecular flexibility index (Phi) is 5.31. The van der Waals surface area contributed by atoms with E-state index in [1.165, 1.54) is 39.3 Å². The predicted molar refractivity (Wildman–Crippen MR) is 86.3 cm³/mol. The van der Waals surface area contributed by atoms with Crippen molar-refractivity contribution in [3.63, 3.8) is 0 Å². The van der Waals surface area contributed by atoms with Gasteiger partial charge in [0, 0.05) is 44.8 Å². The summed E-state index contributed by atoms with van der Waals surface area (Å²) in [6, 6.07) is 1.46. The van der Waals surface area contributed by atoms with Gasteiger partial charge < -0.3 is 0 Å². The molecular weight excluding hydrogens is 337 g/mol. The molecule has 2 rings (SSSR count). The molecule has 0 aliphatic carbocycles. The van der Waals surface area contributed by atoms with Gasteiger partial charge in [-0.2, -0.15) is 0 Å². The van der Waals surface area contributed by atoms with E-state index in [1.54, 1.807) is 0 Å². The first kappa shape index (κ1) is 15.0. The second-order valence-electron chi connectivity index (χ2n) is 6.13. The first-order chi connectivity index (χ1) is 8.51. The van der Waals surface area contributed by atoms with Gasteiger partial charge in [-0.3, -0.25) is 14.7 Å². The summed E-state index contributed by atoms with van der Waals surface area (Å²) >= 11 is 2.52. The summed E-state index contributed by atoms with van der Waals surface area (Å²) < 4.78 is 0.701. The summed E-state index contributed by atoms with van der Waals surface area (Å²) in [4.78, 5) is 7.90. The van der Waals surface area contributed by atoms with Gasteiger partial charge in [0.2, 0.25) is 0 Å². The van der Waals surface area contributed by atoms with Gasteiger partial charge in [0.25, 0.3) is 0 Å². The second kappa shape index (κ2) is 6.37. The molecule has 0 saturated carbocycles. The van der Waals surface area contributed by atoms with Crippen LogP contribution in [0.25, 0.3) is 0 Å². The maximum absolute atomic E-state index is 2.72. The van der Waals surface area contributed by atoms with E-state index in [0.29, 0.717) is 4.05 Å². The maximum Gasteiger partial charge on any atom is 0.0590 e. The van der Waals surface area contributed by atoms with Crippen molar-refractivity contribution in [2.24, 2.45) is 5.92 Å². The van der Waals surface area contributed by atoms with Crippen molar-refractivity contribution in [3.8, 4) is 0 Å². The summed E-state index contributed by atoms with van der Waals surface area (Å²) in [5.41, 5.74) is 0. The third-order valence-electron chi connectivity index (χ3n) is 4.63. The van der Waals surface area contributed by atoms with Crippen molar-refractivity contribution >= 4 is 22.6 Å². The summed E-state index contributed by atoms with van der Waals surface area (Å²) in [6.07, 6.45) is 0. The Morgan fingerprint density at radius 2 is 1.61 bits per heavy atom. The molecule has 0 radical (unpaired) electrons. The van der Waals surface area contributed by atoms with Gasteiger partial charge in [0.05, 0.1) is 4.05 Å². The Hall–Kier alpha value is 0.610. The molecule has 2 heterocycles. The molecule has 18 heavy (non-hydrogen) atoms. The number of piperazine rings is 1. The highest BCUT2D eigenvalue weighted by Gasteiger charge is 2.34. The summed E-state index contributed by atoms with van der Waals surface area (Å²) in [6.45, 7) is 17.0. The Morgan fingerprint density at radius 1 is 1.06 bits per heavy atom. The molecule has 0 amide bonds. The average molecular weight is 365 g/mol. The molecule has 0 spiro atoms. The van der Waals surface area contributed by atoms with Crippen molar-refractivity contribution < 1.29 is 0 Å².